The molecule has 1 aliphatic heterocycles. The van der Waals surface area contributed by atoms with Crippen LogP contribution < -0.4 is 20.1 Å². The van der Waals surface area contributed by atoms with E-state index in [1.165, 1.54) is 25.7 Å². The van der Waals surface area contributed by atoms with E-state index in [0.29, 0.717) is 41.5 Å². The first kappa shape index (κ1) is 30.6. The van der Waals surface area contributed by atoms with Gasteiger partial charge in [0.25, 0.3) is 5.91 Å². The van der Waals surface area contributed by atoms with Gasteiger partial charge in [-0.25, -0.2) is 19.0 Å². The van der Waals surface area contributed by atoms with Crippen LogP contribution in [0.15, 0.2) is 47.6 Å². The zero-order valence-electron chi connectivity index (χ0n) is 24.1. The number of aromatic nitrogens is 4. The van der Waals surface area contributed by atoms with Crippen molar-refractivity contribution >= 4 is 35.3 Å². The standard InChI is InChI=1S/C30H39ClFN7O2S/c1-30(2)17-21(18-34-30)16-22(32)19-33-24-8-5-9-27(35-24)42-38-29(40)23-10-11-25(36-28(23)31)39-14-12-26(37-39)41-15-13-20-6-3-4-7-20/h5,8-12,14,20-22,34H,3-4,6-7,13,15-19H2,1-2H3,(H,33,35)(H,38,40). The molecule has 0 bridgehead atoms. The molecule has 1 saturated heterocycles. The number of anilines is 1. The second-order valence-electron chi connectivity index (χ2n) is 11.8. The Morgan fingerprint density at radius 2 is 2.05 bits per heavy atom. The molecular formula is C30H39ClFN7O2S. The summed E-state index contributed by atoms with van der Waals surface area (Å²) in [7, 11) is 0. The fraction of sp³-hybridized carbons (Fsp3) is 0.533. The molecule has 0 spiro atoms. The number of nitrogens with zero attached hydrogens (tertiary/aromatic N) is 4. The van der Waals surface area contributed by atoms with Crippen molar-refractivity contribution in [2.75, 3.05) is 25.0 Å². The van der Waals surface area contributed by atoms with E-state index >= 15 is 0 Å². The van der Waals surface area contributed by atoms with Crippen LogP contribution in [0, 0.1) is 11.8 Å². The van der Waals surface area contributed by atoms with Crippen LogP contribution >= 0.6 is 23.5 Å². The van der Waals surface area contributed by atoms with Gasteiger partial charge in [-0.15, -0.1) is 5.10 Å². The first-order valence-electron chi connectivity index (χ1n) is 14.7. The lowest BCUT2D eigenvalue weighted by molar-refractivity contribution is 0.0984. The number of nitrogens with one attached hydrogen (secondary N) is 3. The van der Waals surface area contributed by atoms with Crippen molar-refractivity contribution in [3.8, 4) is 11.7 Å². The van der Waals surface area contributed by atoms with Gasteiger partial charge in [0.15, 0.2) is 5.82 Å². The minimum absolute atomic E-state index is 0.0583. The van der Waals surface area contributed by atoms with Crippen molar-refractivity contribution in [1.29, 1.82) is 0 Å². The first-order valence-corrected chi connectivity index (χ1v) is 15.9. The topological polar surface area (TPSA) is 106 Å². The van der Waals surface area contributed by atoms with Crippen molar-refractivity contribution in [1.82, 2.24) is 29.8 Å². The summed E-state index contributed by atoms with van der Waals surface area (Å²) in [4.78, 5) is 21.7. The Morgan fingerprint density at radius 1 is 1.21 bits per heavy atom. The monoisotopic (exact) mass is 615 g/mol. The maximum atomic E-state index is 14.6. The lowest BCUT2D eigenvalue weighted by Crippen LogP contribution is -2.31. The molecule has 3 aromatic rings. The molecule has 2 aliphatic rings. The molecule has 4 heterocycles. The fourth-order valence-electron chi connectivity index (χ4n) is 5.70. The lowest BCUT2D eigenvalue weighted by atomic mass is 9.93. The van der Waals surface area contributed by atoms with Gasteiger partial charge in [0, 0.05) is 36.3 Å². The molecule has 3 N–H and O–H groups in total. The van der Waals surface area contributed by atoms with Gasteiger partial charge in [0.2, 0.25) is 5.88 Å². The van der Waals surface area contributed by atoms with Crippen molar-refractivity contribution in [3.05, 3.63) is 53.3 Å². The molecule has 2 unspecified atom stereocenters. The van der Waals surface area contributed by atoms with E-state index in [-0.39, 0.29) is 22.8 Å². The third kappa shape index (κ3) is 8.58. The highest BCUT2D eigenvalue weighted by atomic mass is 35.5. The van der Waals surface area contributed by atoms with E-state index in [4.69, 9.17) is 16.3 Å². The molecule has 0 radical (unpaired) electrons. The summed E-state index contributed by atoms with van der Waals surface area (Å²) in [5.74, 6) is 2.25. The molecule has 0 aromatic carbocycles. The molecular weight excluding hydrogens is 577 g/mol. The van der Waals surface area contributed by atoms with Crippen LogP contribution in [-0.4, -0.2) is 57.1 Å². The van der Waals surface area contributed by atoms with Gasteiger partial charge in [-0.05, 0) is 75.8 Å². The largest absolute Gasteiger partial charge is 0.477 e. The summed E-state index contributed by atoms with van der Waals surface area (Å²) in [5, 5.41) is 11.6. The van der Waals surface area contributed by atoms with Crippen LogP contribution in [0.1, 0.15) is 69.2 Å². The van der Waals surface area contributed by atoms with Crippen molar-refractivity contribution in [2.45, 2.75) is 75.5 Å². The quantitative estimate of drug-likeness (QED) is 0.153. The summed E-state index contributed by atoms with van der Waals surface area (Å²) in [5.41, 5.74) is 0.303. The van der Waals surface area contributed by atoms with Crippen LogP contribution in [0.25, 0.3) is 5.82 Å². The number of alkyl halides is 1. The van der Waals surface area contributed by atoms with Crippen molar-refractivity contribution in [3.63, 3.8) is 0 Å². The van der Waals surface area contributed by atoms with E-state index in [1.54, 1.807) is 47.3 Å². The van der Waals surface area contributed by atoms with Gasteiger partial charge < -0.3 is 15.4 Å². The average Bonchev–Trinajstić information content (AvgIpc) is 3.73. The van der Waals surface area contributed by atoms with Crippen LogP contribution in [0.2, 0.25) is 5.15 Å². The van der Waals surface area contributed by atoms with Crippen LogP contribution in [0.4, 0.5) is 10.2 Å². The number of carbonyl (C=O) groups is 1. The Labute approximate surface area is 255 Å². The Balaban J connectivity index is 1.08. The highest BCUT2D eigenvalue weighted by Gasteiger charge is 2.31. The maximum Gasteiger partial charge on any atom is 0.264 e. The van der Waals surface area contributed by atoms with E-state index in [9.17, 15) is 9.18 Å². The number of hydrogen-bond acceptors (Lipinski definition) is 8. The summed E-state index contributed by atoms with van der Waals surface area (Å²) < 4.78 is 24.7. The number of pyridine rings is 2. The SMILES string of the molecule is CC1(C)CC(CC(F)CNc2cccc(SNC(=O)c3ccc(-n4ccc(OCCC5CCCC5)n4)nc3Cl)n2)CN1. The third-order valence-electron chi connectivity index (χ3n) is 7.86. The number of hydrogen-bond donors (Lipinski definition) is 3. The Kier molecular flexibility index (Phi) is 10.2. The molecule has 1 aliphatic carbocycles. The molecule has 1 amide bonds. The molecule has 2 atom stereocenters. The Morgan fingerprint density at radius 3 is 2.81 bits per heavy atom. The number of carbonyl (C=O) groups excluding carboxylic acids is 1. The molecule has 226 valence electrons. The Bertz CT molecular complexity index is 1350. The second-order valence-corrected chi connectivity index (χ2v) is 13.0. The minimum Gasteiger partial charge on any atom is -0.477 e. The average molecular weight is 616 g/mol. The molecule has 5 rings (SSSR count). The molecule has 42 heavy (non-hydrogen) atoms. The first-order chi connectivity index (χ1) is 20.2. The van der Waals surface area contributed by atoms with Gasteiger partial charge >= 0.3 is 0 Å². The van der Waals surface area contributed by atoms with E-state index in [1.807, 2.05) is 0 Å². The predicted molar refractivity (Wildman–Crippen MR) is 164 cm³/mol. The maximum absolute atomic E-state index is 14.6. The third-order valence-corrected chi connectivity index (χ3v) is 8.87. The van der Waals surface area contributed by atoms with Crippen molar-refractivity contribution < 1.29 is 13.9 Å². The highest BCUT2D eigenvalue weighted by molar-refractivity contribution is 7.97. The molecule has 3 aromatic heterocycles. The van der Waals surface area contributed by atoms with E-state index in [2.05, 4.69) is 44.3 Å². The van der Waals surface area contributed by atoms with Gasteiger partial charge in [0.1, 0.15) is 22.2 Å². The zero-order chi connectivity index (χ0) is 29.5. The summed E-state index contributed by atoms with van der Waals surface area (Å²) in [6, 6.07) is 10.4. The molecule has 9 nitrogen and oxygen atoms in total. The molecule has 1 saturated carbocycles. The van der Waals surface area contributed by atoms with Gasteiger partial charge in [-0.1, -0.05) is 43.4 Å². The highest BCUT2D eigenvalue weighted by Crippen LogP contribution is 2.28. The van der Waals surface area contributed by atoms with Crippen LogP contribution in [0.5, 0.6) is 5.88 Å². The Hall–Kier alpha value is -2.89. The summed E-state index contributed by atoms with van der Waals surface area (Å²) >= 11 is 7.43. The van der Waals surface area contributed by atoms with Gasteiger partial charge in [-0.3, -0.25) is 9.52 Å². The second kappa shape index (κ2) is 14.1. The zero-order valence-corrected chi connectivity index (χ0v) is 25.7. The van der Waals surface area contributed by atoms with Crippen LogP contribution in [0.3, 0.4) is 0 Å². The lowest BCUT2D eigenvalue weighted by Gasteiger charge is -2.18. The normalized spacial score (nSPS) is 19.1. The van der Waals surface area contributed by atoms with Crippen molar-refractivity contribution in [2.24, 2.45) is 11.8 Å². The minimum atomic E-state index is -0.969. The summed E-state index contributed by atoms with van der Waals surface area (Å²) in [6.45, 7) is 5.97. The smallest absolute Gasteiger partial charge is 0.264 e. The summed E-state index contributed by atoms with van der Waals surface area (Å²) in [6.07, 6.45) is 8.53. The fourth-order valence-corrected chi connectivity index (χ4v) is 6.53. The number of amides is 1. The predicted octanol–water partition coefficient (Wildman–Crippen LogP) is 6.24. The number of halogens is 2. The number of ether oxygens (including phenoxy) is 1. The van der Waals surface area contributed by atoms with Gasteiger partial charge in [0.05, 0.1) is 12.2 Å². The number of rotatable bonds is 13. The molecule has 2 fully saturated rings. The van der Waals surface area contributed by atoms with Crippen LogP contribution in [-0.2, 0) is 0 Å². The van der Waals surface area contributed by atoms with Gasteiger partial charge in [-0.2, -0.15) is 0 Å². The van der Waals surface area contributed by atoms with E-state index in [0.717, 1.165) is 37.3 Å². The van der Waals surface area contributed by atoms with E-state index < -0.39 is 12.1 Å². The molecule has 12 heteroatoms.